The average molecular weight is 493 g/mol. The lowest BCUT2D eigenvalue weighted by molar-refractivity contribution is 0.242. The van der Waals surface area contributed by atoms with E-state index in [1.807, 2.05) is 24.3 Å². The highest BCUT2D eigenvalue weighted by molar-refractivity contribution is 5.70. The maximum atomic E-state index is 9.46. The summed E-state index contributed by atoms with van der Waals surface area (Å²) in [5.41, 5.74) is 10.7. The Morgan fingerprint density at radius 2 is 1.59 bits per heavy atom. The second-order valence-corrected chi connectivity index (χ2v) is 9.86. The summed E-state index contributed by atoms with van der Waals surface area (Å²) in [6.07, 6.45) is 2.97. The molecular weight excluding hydrogens is 456 g/mol. The van der Waals surface area contributed by atoms with Crippen LogP contribution >= 0.6 is 0 Å². The van der Waals surface area contributed by atoms with Gasteiger partial charge in [-0.25, -0.2) is 0 Å². The van der Waals surface area contributed by atoms with Crippen LogP contribution in [0.1, 0.15) is 52.9 Å². The van der Waals surface area contributed by atoms with E-state index in [0.29, 0.717) is 0 Å². The van der Waals surface area contributed by atoms with Gasteiger partial charge in [0.05, 0.1) is 12.3 Å². The van der Waals surface area contributed by atoms with Crippen molar-refractivity contribution in [2.45, 2.75) is 59.7 Å². The van der Waals surface area contributed by atoms with Gasteiger partial charge in [0.15, 0.2) is 0 Å². The molecule has 190 valence electrons. The highest BCUT2D eigenvalue weighted by Gasteiger charge is 2.21. The van der Waals surface area contributed by atoms with Crippen molar-refractivity contribution in [1.82, 2.24) is 9.88 Å². The molecule has 1 N–H and O–H groups in total. The van der Waals surface area contributed by atoms with Crippen molar-refractivity contribution in [3.63, 3.8) is 0 Å². The monoisotopic (exact) mass is 492 g/mol. The third kappa shape index (κ3) is 5.46. The molecule has 2 heterocycles. The van der Waals surface area contributed by atoms with Crippen molar-refractivity contribution in [3.05, 3.63) is 112 Å². The van der Waals surface area contributed by atoms with E-state index >= 15 is 0 Å². The maximum absolute atomic E-state index is 9.46. The van der Waals surface area contributed by atoms with Crippen molar-refractivity contribution in [1.29, 1.82) is 0 Å². The molecule has 4 heteroatoms. The molecular formula is C33H36N2O2. The van der Waals surface area contributed by atoms with E-state index in [1.54, 1.807) is 0 Å². The van der Waals surface area contributed by atoms with Crippen LogP contribution in [0, 0.1) is 6.92 Å². The number of nitrogens with zero attached hydrogens (tertiary/aromatic N) is 2. The molecule has 0 fully saturated rings. The molecule has 3 aromatic carbocycles. The quantitative estimate of drug-likeness (QED) is 0.287. The predicted molar refractivity (Wildman–Crippen MR) is 150 cm³/mol. The summed E-state index contributed by atoms with van der Waals surface area (Å²) >= 11 is 0. The van der Waals surface area contributed by atoms with Crippen LogP contribution in [0.4, 0.5) is 0 Å². The summed E-state index contributed by atoms with van der Waals surface area (Å²) in [5.74, 6) is 1.62. The Bertz CT molecular complexity index is 1360. The second kappa shape index (κ2) is 11.3. The minimum absolute atomic E-state index is 0.0219. The molecule has 4 nitrogen and oxygen atoms in total. The Kier molecular flexibility index (Phi) is 7.68. The summed E-state index contributed by atoms with van der Waals surface area (Å²) in [4.78, 5) is 7.65. The Balaban J connectivity index is 1.55. The molecule has 1 aliphatic rings. The molecule has 0 spiro atoms. The molecule has 5 rings (SSSR count). The highest BCUT2D eigenvalue weighted by atomic mass is 16.5. The third-order valence-electron chi connectivity index (χ3n) is 7.47. The van der Waals surface area contributed by atoms with Crippen LogP contribution in [0.2, 0.25) is 0 Å². The molecule has 0 saturated heterocycles. The number of pyridine rings is 1. The Morgan fingerprint density at radius 3 is 2.27 bits per heavy atom. The van der Waals surface area contributed by atoms with Crippen molar-refractivity contribution in [2.75, 3.05) is 6.54 Å². The summed E-state index contributed by atoms with van der Waals surface area (Å²) < 4.78 is 6.56. The maximum Gasteiger partial charge on any atom is 0.135 e. The zero-order chi connectivity index (χ0) is 25.8. The molecule has 4 aromatic rings. The van der Waals surface area contributed by atoms with Gasteiger partial charge in [0.25, 0.3) is 0 Å². The second-order valence-electron chi connectivity index (χ2n) is 9.86. The van der Waals surface area contributed by atoms with Crippen molar-refractivity contribution < 1.29 is 9.84 Å². The molecule has 0 atom stereocenters. The number of aryl methyl sites for hydroxylation is 3. The SMILES string of the molecule is CCc1cccc(CC)c1-c1cc(Oc2ccc(CO)cc2)c(CN2CCc3ccccc3C2)c(C)n1. The van der Waals surface area contributed by atoms with Gasteiger partial charge in [0, 0.05) is 42.5 Å². The number of hydrogen-bond acceptors (Lipinski definition) is 4. The van der Waals surface area contributed by atoms with Crippen LogP contribution in [-0.4, -0.2) is 21.5 Å². The Labute approximate surface area is 220 Å². The average Bonchev–Trinajstić information content (AvgIpc) is 2.94. The van der Waals surface area contributed by atoms with E-state index in [9.17, 15) is 5.11 Å². The van der Waals surface area contributed by atoms with Crippen LogP contribution in [0.5, 0.6) is 11.5 Å². The smallest absolute Gasteiger partial charge is 0.135 e. The van der Waals surface area contributed by atoms with Crippen LogP contribution in [-0.2, 0) is 39.0 Å². The fraction of sp³-hybridized carbons (Fsp3) is 0.303. The van der Waals surface area contributed by atoms with E-state index in [2.05, 4.69) is 74.2 Å². The fourth-order valence-corrected chi connectivity index (χ4v) is 5.36. The minimum atomic E-state index is 0.0219. The van der Waals surface area contributed by atoms with Gasteiger partial charge in [-0.2, -0.15) is 0 Å². The van der Waals surface area contributed by atoms with Gasteiger partial charge in [-0.3, -0.25) is 9.88 Å². The Morgan fingerprint density at radius 1 is 0.892 bits per heavy atom. The summed E-state index contributed by atoms with van der Waals surface area (Å²) in [6.45, 7) is 9.27. The zero-order valence-corrected chi connectivity index (χ0v) is 22.1. The predicted octanol–water partition coefficient (Wildman–Crippen LogP) is 7.02. The minimum Gasteiger partial charge on any atom is -0.457 e. The first-order valence-electron chi connectivity index (χ1n) is 13.4. The fourth-order valence-electron chi connectivity index (χ4n) is 5.36. The summed E-state index contributed by atoms with van der Waals surface area (Å²) in [7, 11) is 0. The number of aliphatic hydroxyl groups is 1. The van der Waals surface area contributed by atoms with Crippen molar-refractivity contribution >= 4 is 0 Å². The molecule has 0 unspecified atom stereocenters. The van der Waals surface area contributed by atoms with Gasteiger partial charge in [-0.1, -0.05) is 68.4 Å². The van der Waals surface area contributed by atoms with Crippen LogP contribution < -0.4 is 4.74 Å². The molecule has 1 aliphatic heterocycles. The lowest BCUT2D eigenvalue weighted by Gasteiger charge is -2.30. The summed E-state index contributed by atoms with van der Waals surface area (Å²) in [5, 5.41) is 9.46. The first-order valence-corrected chi connectivity index (χ1v) is 13.4. The zero-order valence-electron chi connectivity index (χ0n) is 22.1. The van der Waals surface area contributed by atoms with Gasteiger partial charge in [-0.05, 0) is 66.1 Å². The molecule has 0 amide bonds. The number of fused-ring (bicyclic) bond motifs is 1. The van der Waals surface area contributed by atoms with Gasteiger partial charge >= 0.3 is 0 Å². The van der Waals surface area contributed by atoms with Gasteiger partial charge in [-0.15, -0.1) is 0 Å². The van der Waals surface area contributed by atoms with Crippen LogP contribution in [0.15, 0.2) is 72.8 Å². The first-order chi connectivity index (χ1) is 18.1. The van der Waals surface area contributed by atoms with E-state index in [1.165, 1.54) is 27.8 Å². The van der Waals surface area contributed by atoms with E-state index < -0.39 is 0 Å². The van der Waals surface area contributed by atoms with Gasteiger partial charge in [0.2, 0.25) is 0 Å². The van der Waals surface area contributed by atoms with Gasteiger partial charge < -0.3 is 9.84 Å². The number of benzene rings is 3. The lowest BCUT2D eigenvalue weighted by Crippen LogP contribution is -2.30. The standard InChI is InChI=1S/C33H36N2O2/c1-4-25-11-8-12-26(5-2)33(25)31-19-32(37-29-15-13-24(22-36)14-16-29)30(23(3)34-31)21-35-18-17-27-9-6-7-10-28(27)20-35/h6-16,19,36H,4-5,17-18,20-22H2,1-3H3. The molecule has 0 aliphatic carbocycles. The third-order valence-corrected chi connectivity index (χ3v) is 7.47. The molecule has 37 heavy (non-hydrogen) atoms. The first kappa shape index (κ1) is 25.2. The van der Waals surface area contributed by atoms with Crippen molar-refractivity contribution in [3.8, 4) is 22.8 Å². The molecule has 0 bridgehead atoms. The van der Waals surface area contributed by atoms with Crippen molar-refractivity contribution in [2.24, 2.45) is 0 Å². The summed E-state index contributed by atoms with van der Waals surface area (Å²) in [6, 6.07) is 25.1. The van der Waals surface area contributed by atoms with E-state index in [-0.39, 0.29) is 6.61 Å². The number of aliphatic hydroxyl groups excluding tert-OH is 1. The molecule has 0 saturated carbocycles. The van der Waals surface area contributed by atoms with E-state index in [0.717, 1.165) is 72.9 Å². The lowest BCUT2D eigenvalue weighted by atomic mass is 9.94. The van der Waals surface area contributed by atoms with E-state index in [4.69, 9.17) is 9.72 Å². The number of rotatable bonds is 8. The topological polar surface area (TPSA) is 45.6 Å². The normalized spacial score (nSPS) is 13.4. The number of hydrogen-bond donors (Lipinski definition) is 1. The van der Waals surface area contributed by atoms with Crippen LogP contribution in [0.3, 0.4) is 0 Å². The Hall–Kier alpha value is -3.47. The molecule has 0 radical (unpaired) electrons. The highest BCUT2D eigenvalue weighted by Crippen LogP contribution is 2.36. The van der Waals surface area contributed by atoms with Gasteiger partial charge in [0.1, 0.15) is 11.5 Å². The number of ether oxygens (including phenoxy) is 1. The number of aromatic nitrogens is 1. The largest absolute Gasteiger partial charge is 0.457 e. The van der Waals surface area contributed by atoms with Crippen LogP contribution in [0.25, 0.3) is 11.3 Å². The molecule has 1 aromatic heterocycles.